The first-order valence-electron chi connectivity index (χ1n) is 6.09. The Labute approximate surface area is 118 Å². The van der Waals surface area contributed by atoms with Gasteiger partial charge >= 0.3 is 0 Å². The van der Waals surface area contributed by atoms with Crippen LogP contribution in [-0.4, -0.2) is 0 Å². The Balaban J connectivity index is 2.28. The molecule has 1 unspecified atom stereocenters. The molecule has 2 rings (SSSR count). The van der Waals surface area contributed by atoms with Crippen molar-refractivity contribution >= 4 is 17.3 Å². The predicted octanol–water partition coefficient (Wildman–Crippen LogP) is 4.63. The Morgan fingerprint density at radius 1 is 1.11 bits per heavy atom. The van der Waals surface area contributed by atoms with Crippen LogP contribution >= 0.6 is 11.6 Å². The summed E-state index contributed by atoms with van der Waals surface area (Å²) >= 11 is 6.11. The van der Waals surface area contributed by atoms with Crippen molar-refractivity contribution in [3.05, 3.63) is 64.2 Å². The molecule has 0 aliphatic rings. The van der Waals surface area contributed by atoms with Gasteiger partial charge in [0.15, 0.2) is 0 Å². The molecule has 0 saturated carbocycles. The van der Waals surface area contributed by atoms with Crippen LogP contribution in [-0.2, 0) is 0 Å². The Kier molecular flexibility index (Phi) is 4.09. The second-order valence-corrected chi connectivity index (χ2v) is 4.94. The monoisotopic (exact) mass is 270 g/mol. The highest BCUT2D eigenvalue weighted by Gasteiger charge is 2.12. The molecule has 96 valence electrons. The minimum atomic E-state index is -0.404. The number of nitrogens with zero attached hydrogens (tertiary/aromatic N) is 1. The van der Waals surface area contributed by atoms with Crippen LogP contribution in [0.4, 0.5) is 5.69 Å². The Morgan fingerprint density at radius 2 is 1.84 bits per heavy atom. The zero-order chi connectivity index (χ0) is 13.8. The molecule has 0 radical (unpaired) electrons. The molecule has 0 aliphatic carbocycles. The first-order valence-corrected chi connectivity index (χ1v) is 6.47. The highest BCUT2D eigenvalue weighted by atomic mass is 35.5. The summed E-state index contributed by atoms with van der Waals surface area (Å²) in [6, 6.07) is 15.5. The van der Waals surface area contributed by atoms with Gasteiger partial charge in [-0.05, 0) is 42.7 Å². The van der Waals surface area contributed by atoms with Gasteiger partial charge in [0.2, 0.25) is 0 Å². The van der Waals surface area contributed by atoms with Gasteiger partial charge < -0.3 is 5.32 Å². The molecule has 2 aromatic carbocycles. The molecule has 0 aliphatic heterocycles. The first kappa shape index (κ1) is 13.5. The molecule has 1 atom stereocenters. The van der Waals surface area contributed by atoms with Crippen molar-refractivity contribution in [2.24, 2.45) is 0 Å². The van der Waals surface area contributed by atoms with Crippen molar-refractivity contribution in [1.82, 2.24) is 0 Å². The van der Waals surface area contributed by atoms with E-state index in [-0.39, 0.29) is 0 Å². The molecule has 2 nitrogen and oxygen atoms in total. The van der Waals surface area contributed by atoms with Crippen LogP contribution in [0.1, 0.15) is 22.7 Å². The molecule has 0 fully saturated rings. The van der Waals surface area contributed by atoms with Crippen LogP contribution in [0.3, 0.4) is 0 Å². The van der Waals surface area contributed by atoms with Gasteiger partial charge in [0, 0.05) is 10.7 Å². The van der Waals surface area contributed by atoms with E-state index < -0.39 is 6.04 Å². The zero-order valence-corrected chi connectivity index (χ0v) is 11.7. The van der Waals surface area contributed by atoms with E-state index in [0.717, 1.165) is 22.4 Å². The Bertz CT molecular complexity index is 629. The van der Waals surface area contributed by atoms with E-state index in [1.54, 1.807) is 0 Å². The number of nitriles is 1. The number of rotatable bonds is 3. The van der Waals surface area contributed by atoms with Gasteiger partial charge in [-0.2, -0.15) is 5.26 Å². The summed E-state index contributed by atoms with van der Waals surface area (Å²) in [7, 11) is 0. The fraction of sp³-hybridized carbons (Fsp3) is 0.188. The summed E-state index contributed by atoms with van der Waals surface area (Å²) < 4.78 is 0. The van der Waals surface area contributed by atoms with Gasteiger partial charge in [0.05, 0.1) is 6.07 Å². The van der Waals surface area contributed by atoms with E-state index >= 15 is 0 Å². The van der Waals surface area contributed by atoms with Crippen molar-refractivity contribution in [2.45, 2.75) is 19.9 Å². The third kappa shape index (κ3) is 3.07. The van der Waals surface area contributed by atoms with Crippen LogP contribution in [0.5, 0.6) is 0 Å². The van der Waals surface area contributed by atoms with Gasteiger partial charge in [0.1, 0.15) is 6.04 Å². The van der Waals surface area contributed by atoms with Crippen molar-refractivity contribution < 1.29 is 0 Å². The molecule has 2 aromatic rings. The quantitative estimate of drug-likeness (QED) is 0.882. The fourth-order valence-electron chi connectivity index (χ4n) is 1.87. The molecule has 19 heavy (non-hydrogen) atoms. The zero-order valence-electron chi connectivity index (χ0n) is 10.9. The number of aryl methyl sites for hydroxylation is 2. The number of hydrogen-bond acceptors (Lipinski definition) is 2. The number of halogens is 1. The highest BCUT2D eigenvalue weighted by molar-refractivity contribution is 6.31. The molecule has 0 spiro atoms. The second kappa shape index (κ2) is 5.77. The molecule has 3 heteroatoms. The lowest BCUT2D eigenvalue weighted by molar-refractivity contribution is 0.992. The number of nitrogens with one attached hydrogen (secondary N) is 1. The van der Waals surface area contributed by atoms with E-state index in [1.165, 1.54) is 0 Å². The molecule has 0 aromatic heterocycles. The fourth-order valence-corrected chi connectivity index (χ4v) is 2.06. The summed E-state index contributed by atoms with van der Waals surface area (Å²) in [4.78, 5) is 0. The lowest BCUT2D eigenvalue weighted by Crippen LogP contribution is -2.09. The second-order valence-electron chi connectivity index (χ2n) is 4.53. The number of hydrogen-bond donors (Lipinski definition) is 1. The highest BCUT2D eigenvalue weighted by Crippen LogP contribution is 2.25. The number of para-hydroxylation sites is 1. The van der Waals surface area contributed by atoms with Crippen molar-refractivity contribution in [3.8, 4) is 6.07 Å². The van der Waals surface area contributed by atoms with Crippen molar-refractivity contribution in [1.29, 1.82) is 5.26 Å². The van der Waals surface area contributed by atoms with E-state index in [9.17, 15) is 5.26 Å². The van der Waals surface area contributed by atoms with E-state index in [2.05, 4.69) is 11.4 Å². The third-order valence-electron chi connectivity index (χ3n) is 3.10. The van der Waals surface area contributed by atoms with Crippen LogP contribution in [0.15, 0.2) is 42.5 Å². The summed E-state index contributed by atoms with van der Waals surface area (Å²) in [5.74, 6) is 0. The summed E-state index contributed by atoms with van der Waals surface area (Å²) in [6.45, 7) is 3.96. The van der Waals surface area contributed by atoms with Crippen LogP contribution in [0.2, 0.25) is 5.02 Å². The summed E-state index contributed by atoms with van der Waals surface area (Å²) in [5, 5.41) is 13.3. The molecule has 0 heterocycles. The van der Waals surface area contributed by atoms with Crippen LogP contribution < -0.4 is 5.32 Å². The third-order valence-corrected chi connectivity index (χ3v) is 3.51. The number of anilines is 1. The smallest absolute Gasteiger partial charge is 0.140 e. The summed E-state index contributed by atoms with van der Waals surface area (Å²) in [5.41, 5.74) is 3.96. The van der Waals surface area contributed by atoms with E-state index in [4.69, 9.17) is 11.6 Å². The van der Waals surface area contributed by atoms with Gasteiger partial charge in [0.25, 0.3) is 0 Å². The van der Waals surface area contributed by atoms with Crippen LogP contribution in [0.25, 0.3) is 0 Å². The van der Waals surface area contributed by atoms with Gasteiger partial charge in [-0.15, -0.1) is 0 Å². The SMILES string of the molecule is Cc1ccc(C(C#N)Nc2ccccc2C)cc1Cl. The minimum Gasteiger partial charge on any atom is -0.366 e. The molecule has 0 amide bonds. The lowest BCUT2D eigenvalue weighted by atomic mass is 10.1. The maximum atomic E-state index is 9.34. The normalized spacial score (nSPS) is 11.7. The largest absolute Gasteiger partial charge is 0.366 e. The topological polar surface area (TPSA) is 35.8 Å². The minimum absolute atomic E-state index is 0.404. The van der Waals surface area contributed by atoms with E-state index in [1.807, 2.05) is 56.3 Å². The molecule has 0 saturated heterocycles. The number of benzene rings is 2. The molecular formula is C16H15ClN2. The average Bonchev–Trinajstić information content (AvgIpc) is 2.41. The van der Waals surface area contributed by atoms with Crippen molar-refractivity contribution in [3.63, 3.8) is 0 Å². The standard InChI is InChI=1S/C16H15ClN2/c1-11-7-8-13(9-14(11)17)16(10-18)19-15-6-4-3-5-12(15)2/h3-9,16,19H,1-2H3. The molecular weight excluding hydrogens is 256 g/mol. The first-order chi connectivity index (χ1) is 9.11. The lowest BCUT2D eigenvalue weighted by Gasteiger charge is -2.15. The van der Waals surface area contributed by atoms with Crippen molar-refractivity contribution in [2.75, 3.05) is 5.32 Å². The van der Waals surface area contributed by atoms with Gasteiger partial charge in [-0.25, -0.2) is 0 Å². The van der Waals surface area contributed by atoms with E-state index in [0.29, 0.717) is 5.02 Å². The van der Waals surface area contributed by atoms with Gasteiger partial charge in [-0.1, -0.05) is 41.9 Å². The average molecular weight is 271 g/mol. The Morgan fingerprint density at radius 3 is 2.47 bits per heavy atom. The Hall–Kier alpha value is -1.98. The van der Waals surface area contributed by atoms with Crippen LogP contribution in [0, 0.1) is 25.2 Å². The molecule has 1 N–H and O–H groups in total. The predicted molar refractivity (Wildman–Crippen MR) is 79.3 cm³/mol. The summed E-state index contributed by atoms with van der Waals surface area (Å²) in [6.07, 6.45) is 0. The maximum Gasteiger partial charge on any atom is 0.140 e. The van der Waals surface area contributed by atoms with Gasteiger partial charge in [-0.3, -0.25) is 0 Å². The molecule has 0 bridgehead atoms. The maximum absolute atomic E-state index is 9.34.